The maximum atomic E-state index is 14.8. The molecule has 0 saturated carbocycles. The number of nitrogens with one attached hydrogen (secondary N) is 1. The Labute approximate surface area is 211 Å². The standard InChI is InChI=1S/C26H27F4N5O2/c1-15-3-4-21-23(35(15)16(2)36)6-5-20(17-12-33-34(14-17)19-7-9-31-10-8-19)24(21)37-25-22(27)11-18(13-32-25)26(28,29)30/h5-6,11-15,19,31H,3-4,7-10H2,1-2H3/t15-/m0/s1. The third-order valence-corrected chi connectivity index (χ3v) is 7.02. The zero-order chi connectivity index (χ0) is 26.3. The molecule has 0 unspecified atom stereocenters. The highest BCUT2D eigenvalue weighted by atomic mass is 19.4. The van der Waals surface area contributed by atoms with Crippen molar-refractivity contribution >= 4 is 11.6 Å². The van der Waals surface area contributed by atoms with Gasteiger partial charge < -0.3 is 15.0 Å². The van der Waals surface area contributed by atoms with Crippen molar-refractivity contribution in [3.05, 3.63) is 53.7 Å². The van der Waals surface area contributed by atoms with Gasteiger partial charge >= 0.3 is 6.18 Å². The van der Waals surface area contributed by atoms with E-state index in [-0.39, 0.29) is 23.7 Å². The summed E-state index contributed by atoms with van der Waals surface area (Å²) in [5, 5.41) is 7.86. The van der Waals surface area contributed by atoms with Gasteiger partial charge in [0, 0.05) is 42.0 Å². The highest BCUT2D eigenvalue weighted by molar-refractivity contribution is 5.95. The molecular weight excluding hydrogens is 490 g/mol. The van der Waals surface area contributed by atoms with E-state index in [2.05, 4.69) is 15.4 Å². The fourth-order valence-corrected chi connectivity index (χ4v) is 5.13. The van der Waals surface area contributed by atoms with E-state index >= 15 is 0 Å². The molecule has 0 spiro atoms. The largest absolute Gasteiger partial charge is 0.435 e. The number of hydrogen-bond donors (Lipinski definition) is 1. The van der Waals surface area contributed by atoms with E-state index < -0.39 is 23.4 Å². The second-order valence-electron chi connectivity index (χ2n) is 9.52. The predicted molar refractivity (Wildman–Crippen MR) is 129 cm³/mol. The fourth-order valence-electron chi connectivity index (χ4n) is 5.13. The van der Waals surface area contributed by atoms with E-state index in [0.29, 0.717) is 41.9 Å². The van der Waals surface area contributed by atoms with Crippen molar-refractivity contribution in [2.45, 2.75) is 57.8 Å². The number of hydrogen-bond acceptors (Lipinski definition) is 5. The smallest absolute Gasteiger partial charge is 0.417 e. The number of fused-ring (bicyclic) bond motifs is 1. The first-order valence-electron chi connectivity index (χ1n) is 12.2. The van der Waals surface area contributed by atoms with Crippen molar-refractivity contribution in [3.63, 3.8) is 0 Å². The molecule has 1 amide bonds. The maximum Gasteiger partial charge on any atom is 0.417 e. The van der Waals surface area contributed by atoms with Gasteiger partial charge in [-0.2, -0.15) is 18.3 Å². The number of halogens is 4. The summed E-state index contributed by atoms with van der Waals surface area (Å²) in [6.07, 6.45) is 2.45. The average Bonchev–Trinajstić information content (AvgIpc) is 3.35. The quantitative estimate of drug-likeness (QED) is 0.463. The Balaban J connectivity index is 1.60. The number of carbonyl (C=O) groups excluding carboxylic acids is 1. The number of ether oxygens (including phenoxy) is 1. The van der Waals surface area contributed by atoms with Crippen LogP contribution in [0.2, 0.25) is 0 Å². The number of piperidine rings is 1. The number of nitrogens with zero attached hydrogens (tertiary/aromatic N) is 4. The molecule has 2 aliphatic heterocycles. The molecular formula is C26H27F4N5O2. The second kappa shape index (κ2) is 9.77. The number of aromatic nitrogens is 3. The Bertz CT molecular complexity index is 1320. The molecule has 2 aromatic heterocycles. The van der Waals surface area contributed by atoms with Crippen LogP contribution in [-0.2, 0) is 17.4 Å². The highest BCUT2D eigenvalue weighted by Crippen LogP contribution is 2.45. The minimum absolute atomic E-state index is 0.0488. The van der Waals surface area contributed by atoms with Gasteiger partial charge in [0.1, 0.15) is 5.75 Å². The third kappa shape index (κ3) is 4.92. The number of anilines is 1. The maximum absolute atomic E-state index is 14.8. The molecule has 7 nitrogen and oxygen atoms in total. The zero-order valence-corrected chi connectivity index (χ0v) is 20.5. The Hall–Kier alpha value is -3.47. The molecule has 37 heavy (non-hydrogen) atoms. The SMILES string of the molecule is CC(=O)N1c2ccc(-c3cnn(C4CCNCC4)c3)c(Oc3ncc(C(F)(F)F)cc3F)c2CC[C@@H]1C. The van der Waals surface area contributed by atoms with Gasteiger partial charge in [-0.25, -0.2) is 9.37 Å². The lowest BCUT2D eigenvalue weighted by molar-refractivity contribution is -0.138. The summed E-state index contributed by atoms with van der Waals surface area (Å²) < 4.78 is 61.8. The topological polar surface area (TPSA) is 72.3 Å². The van der Waals surface area contributed by atoms with Gasteiger partial charge in [0.25, 0.3) is 5.88 Å². The first kappa shape index (κ1) is 25.2. The number of rotatable bonds is 4. The fraction of sp³-hybridized carbons (Fsp3) is 0.423. The first-order chi connectivity index (χ1) is 17.6. The normalized spacial score (nSPS) is 18.5. The Morgan fingerprint density at radius 2 is 1.92 bits per heavy atom. The van der Waals surface area contributed by atoms with E-state index in [1.54, 1.807) is 17.2 Å². The predicted octanol–water partition coefficient (Wildman–Crippen LogP) is 5.51. The van der Waals surface area contributed by atoms with Gasteiger partial charge in [-0.1, -0.05) is 0 Å². The molecule has 0 bridgehead atoms. The van der Waals surface area contributed by atoms with Crippen molar-refractivity contribution in [2.24, 2.45) is 0 Å². The van der Waals surface area contributed by atoms with Gasteiger partial charge in [-0.05, 0) is 63.9 Å². The highest BCUT2D eigenvalue weighted by Gasteiger charge is 2.34. The van der Waals surface area contributed by atoms with Crippen LogP contribution in [0.15, 0.2) is 36.8 Å². The van der Waals surface area contributed by atoms with Crippen LogP contribution in [0.4, 0.5) is 23.2 Å². The summed E-state index contributed by atoms with van der Waals surface area (Å²) >= 11 is 0. The van der Waals surface area contributed by atoms with Gasteiger partial charge in [-0.3, -0.25) is 9.48 Å². The molecule has 0 aliphatic carbocycles. The molecule has 5 rings (SSSR count). The van der Waals surface area contributed by atoms with E-state index in [4.69, 9.17) is 4.74 Å². The minimum Gasteiger partial charge on any atom is -0.435 e. The van der Waals surface area contributed by atoms with Gasteiger partial charge in [-0.15, -0.1) is 0 Å². The molecule has 1 fully saturated rings. The molecule has 1 saturated heterocycles. The molecule has 1 atom stereocenters. The molecule has 1 N–H and O–H groups in total. The van der Waals surface area contributed by atoms with Crippen molar-refractivity contribution in [2.75, 3.05) is 18.0 Å². The summed E-state index contributed by atoms with van der Waals surface area (Å²) in [6.45, 7) is 5.20. The molecule has 3 aromatic rings. The molecule has 1 aromatic carbocycles. The Kier molecular flexibility index (Phi) is 6.65. The number of carbonyl (C=O) groups is 1. The number of benzene rings is 1. The number of pyridine rings is 1. The second-order valence-corrected chi connectivity index (χ2v) is 9.52. The summed E-state index contributed by atoms with van der Waals surface area (Å²) in [6, 6.07) is 4.16. The third-order valence-electron chi connectivity index (χ3n) is 7.02. The first-order valence-corrected chi connectivity index (χ1v) is 12.2. The van der Waals surface area contributed by atoms with Crippen molar-refractivity contribution in [3.8, 4) is 22.8 Å². The summed E-state index contributed by atoms with van der Waals surface area (Å²) in [5.41, 5.74) is 1.41. The monoisotopic (exact) mass is 517 g/mol. The lowest BCUT2D eigenvalue weighted by Gasteiger charge is -2.35. The van der Waals surface area contributed by atoms with Crippen LogP contribution in [0.5, 0.6) is 11.6 Å². The van der Waals surface area contributed by atoms with E-state index in [1.807, 2.05) is 23.9 Å². The summed E-state index contributed by atoms with van der Waals surface area (Å²) in [4.78, 5) is 17.8. The average molecular weight is 518 g/mol. The van der Waals surface area contributed by atoms with Crippen LogP contribution in [0.25, 0.3) is 11.1 Å². The molecule has 0 radical (unpaired) electrons. The van der Waals surface area contributed by atoms with E-state index in [1.165, 1.54) is 6.92 Å². The van der Waals surface area contributed by atoms with E-state index in [9.17, 15) is 22.4 Å². The van der Waals surface area contributed by atoms with Crippen molar-refractivity contribution in [1.29, 1.82) is 0 Å². The van der Waals surface area contributed by atoms with Crippen LogP contribution >= 0.6 is 0 Å². The summed E-state index contributed by atoms with van der Waals surface area (Å²) in [7, 11) is 0. The van der Waals surface area contributed by atoms with Crippen LogP contribution in [0, 0.1) is 5.82 Å². The Morgan fingerprint density at radius 1 is 1.16 bits per heavy atom. The lowest BCUT2D eigenvalue weighted by Crippen LogP contribution is -2.40. The van der Waals surface area contributed by atoms with Crippen molar-refractivity contribution < 1.29 is 27.1 Å². The van der Waals surface area contributed by atoms with E-state index in [0.717, 1.165) is 31.5 Å². The van der Waals surface area contributed by atoms with Gasteiger partial charge in [0.15, 0.2) is 5.82 Å². The lowest BCUT2D eigenvalue weighted by atomic mass is 9.92. The van der Waals surface area contributed by atoms with Crippen LogP contribution in [-0.4, -0.2) is 39.8 Å². The number of amides is 1. The van der Waals surface area contributed by atoms with Crippen LogP contribution in [0.1, 0.15) is 50.3 Å². The van der Waals surface area contributed by atoms with Gasteiger partial charge in [0.05, 0.1) is 23.5 Å². The Morgan fingerprint density at radius 3 is 2.59 bits per heavy atom. The minimum atomic E-state index is -4.73. The number of alkyl halides is 3. The summed E-state index contributed by atoms with van der Waals surface area (Å²) in [5.74, 6) is -1.69. The molecule has 11 heteroatoms. The van der Waals surface area contributed by atoms with Crippen LogP contribution < -0.4 is 15.0 Å². The zero-order valence-electron chi connectivity index (χ0n) is 20.5. The molecule has 4 heterocycles. The molecule has 2 aliphatic rings. The van der Waals surface area contributed by atoms with Crippen molar-refractivity contribution in [1.82, 2.24) is 20.1 Å². The van der Waals surface area contributed by atoms with Gasteiger partial charge in [0.2, 0.25) is 5.91 Å². The molecule has 196 valence electrons. The van der Waals surface area contributed by atoms with Crippen LogP contribution in [0.3, 0.4) is 0 Å².